The van der Waals surface area contributed by atoms with Crippen molar-refractivity contribution in [3.8, 4) is 0 Å². The molecule has 0 saturated carbocycles. The number of hydrogen-bond donors (Lipinski definition) is 0. The van der Waals surface area contributed by atoms with Gasteiger partial charge in [0.1, 0.15) is 0 Å². The summed E-state index contributed by atoms with van der Waals surface area (Å²) in [6, 6.07) is 0. The maximum Gasteiger partial charge on any atom is 0.159 e. The van der Waals surface area contributed by atoms with Gasteiger partial charge in [-0.3, -0.25) is 4.79 Å². The van der Waals surface area contributed by atoms with Gasteiger partial charge in [-0.15, -0.1) is 0 Å². The SMILES string of the molecule is CC1CC(=O)C2=C1CCC2. The topological polar surface area (TPSA) is 17.1 Å². The molecule has 2 aliphatic rings. The van der Waals surface area contributed by atoms with Crippen LogP contribution in [0.1, 0.15) is 32.6 Å². The molecule has 54 valence electrons. The Hall–Kier alpha value is -0.590. The molecule has 0 saturated heterocycles. The molecular weight excluding hydrogens is 124 g/mol. The predicted molar refractivity (Wildman–Crippen MR) is 39.7 cm³/mol. The molecule has 0 bridgehead atoms. The van der Waals surface area contributed by atoms with Crippen LogP contribution in [-0.4, -0.2) is 5.78 Å². The molecule has 0 aromatic heterocycles. The van der Waals surface area contributed by atoms with Crippen LogP contribution >= 0.6 is 0 Å². The monoisotopic (exact) mass is 136 g/mol. The summed E-state index contributed by atoms with van der Waals surface area (Å²) in [5.74, 6) is 1.00. The Morgan fingerprint density at radius 1 is 1.40 bits per heavy atom. The molecule has 0 amide bonds. The normalized spacial score (nSPS) is 31.7. The summed E-state index contributed by atoms with van der Waals surface area (Å²) in [7, 11) is 0. The van der Waals surface area contributed by atoms with Crippen LogP contribution in [0.15, 0.2) is 11.1 Å². The lowest BCUT2D eigenvalue weighted by Crippen LogP contribution is -1.97. The molecule has 0 fully saturated rings. The first-order valence-corrected chi connectivity index (χ1v) is 4.04. The van der Waals surface area contributed by atoms with Crippen molar-refractivity contribution in [1.29, 1.82) is 0 Å². The first kappa shape index (κ1) is 6.14. The second kappa shape index (κ2) is 1.94. The second-order valence-electron chi connectivity index (χ2n) is 3.39. The zero-order valence-corrected chi connectivity index (χ0v) is 6.31. The van der Waals surface area contributed by atoms with Crippen LogP contribution in [-0.2, 0) is 4.79 Å². The summed E-state index contributed by atoms with van der Waals surface area (Å²) in [6.45, 7) is 2.17. The van der Waals surface area contributed by atoms with Gasteiger partial charge in [-0.2, -0.15) is 0 Å². The van der Waals surface area contributed by atoms with Crippen LogP contribution in [0.4, 0.5) is 0 Å². The zero-order chi connectivity index (χ0) is 7.14. The predicted octanol–water partition coefficient (Wildman–Crippen LogP) is 2.08. The van der Waals surface area contributed by atoms with Crippen LogP contribution in [0, 0.1) is 5.92 Å². The van der Waals surface area contributed by atoms with E-state index < -0.39 is 0 Å². The first-order chi connectivity index (χ1) is 4.79. The minimum absolute atomic E-state index is 0.431. The summed E-state index contributed by atoms with van der Waals surface area (Å²) in [5, 5.41) is 0. The fraction of sp³-hybridized carbons (Fsp3) is 0.667. The highest BCUT2D eigenvalue weighted by Gasteiger charge is 2.31. The van der Waals surface area contributed by atoms with E-state index in [0.717, 1.165) is 12.8 Å². The standard InChI is InChI=1S/C9H12O/c1-6-5-9(10)8-4-2-3-7(6)8/h6H,2-5H2,1H3. The van der Waals surface area contributed by atoms with Crippen LogP contribution in [0.3, 0.4) is 0 Å². The maximum atomic E-state index is 11.2. The molecule has 0 heterocycles. The van der Waals surface area contributed by atoms with Crippen molar-refractivity contribution in [2.75, 3.05) is 0 Å². The molecule has 0 spiro atoms. The summed E-state index contributed by atoms with van der Waals surface area (Å²) in [6.07, 6.45) is 4.28. The van der Waals surface area contributed by atoms with E-state index in [1.165, 1.54) is 24.0 Å². The van der Waals surface area contributed by atoms with Gasteiger partial charge in [0.2, 0.25) is 0 Å². The molecule has 1 nitrogen and oxygen atoms in total. The fourth-order valence-corrected chi connectivity index (χ4v) is 2.15. The highest BCUT2D eigenvalue weighted by atomic mass is 16.1. The molecule has 0 N–H and O–H groups in total. The van der Waals surface area contributed by atoms with Crippen molar-refractivity contribution >= 4 is 5.78 Å². The summed E-state index contributed by atoms with van der Waals surface area (Å²) < 4.78 is 0. The molecule has 10 heavy (non-hydrogen) atoms. The highest BCUT2D eigenvalue weighted by molar-refractivity contribution is 5.99. The third-order valence-electron chi connectivity index (χ3n) is 2.68. The minimum Gasteiger partial charge on any atom is -0.295 e. The largest absolute Gasteiger partial charge is 0.295 e. The summed E-state index contributed by atoms with van der Waals surface area (Å²) >= 11 is 0. The van der Waals surface area contributed by atoms with Gasteiger partial charge in [0.25, 0.3) is 0 Å². The third-order valence-corrected chi connectivity index (χ3v) is 2.68. The molecular formula is C9H12O. The van der Waals surface area contributed by atoms with Gasteiger partial charge in [-0.1, -0.05) is 12.5 Å². The van der Waals surface area contributed by atoms with E-state index in [2.05, 4.69) is 6.92 Å². The summed E-state index contributed by atoms with van der Waals surface area (Å²) in [4.78, 5) is 11.2. The average Bonchev–Trinajstić information content (AvgIpc) is 2.39. The van der Waals surface area contributed by atoms with Crippen molar-refractivity contribution < 1.29 is 4.79 Å². The Balaban J connectivity index is 2.36. The van der Waals surface area contributed by atoms with Gasteiger partial charge >= 0.3 is 0 Å². The number of hydrogen-bond acceptors (Lipinski definition) is 1. The number of Topliss-reactive ketones (excluding diaryl/α,β-unsaturated/α-hetero) is 1. The number of carbonyl (C=O) groups is 1. The Labute approximate surface area is 61.1 Å². The average molecular weight is 136 g/mol. The molecule has 1 atom stereocenters. The van der Waals surface area contributed by atoms with Gasteiger partial charge < -0.3 is 0 Å². The van der Waals surface area contributed by atoms with Crippen molar-refractivity contribution in [3.05, 3.63) is 11.1 Å². The molecule has 1 unspecified atom stereocenters. The van der Waals surface area contributed by atoms with E-state index in [9.17, 15) is 4.79 Å². The van der Waals surface area contributed by atoms with Crippen molar-refractivity contribution in [1.82, 2.24) is 0 Å². The lowest BCUT2D eigenvalue weighted by atomic mass is 10.0. The quantitative estimate of drug-likeness (QED) is 0.498. The van der Waals surface area contributed by atoms with E-state index in [4.69, 9.17) is 0 Å². The highest BCUT2D eigenvalue weighted by Crippen LogP contribution is 2.39. The molecule has 0 aromatic carbocycles. The van der Waals surface area contributed by atoms with Gasteiger partial charge in [-0.25, -0.2) is 0 Å². The van der Waals surface area contributed by atoms with Crippen molar-refractivity contribution in [3.63, 3.8) is 0 Å². The number of rotatable bonds is 0. The third kappa shape index (κ3) is 0.664. The summed E-state index contributed by atoms with van der Waals surface area (Å²) in [5.41, 5.74) is 2.66. The van der Waals surface area contributed by atoms with Crippen molar-refractivity contribution in [2.24, 2.45) is 5.92 Å². The van der Waals surface area contributed by atoms with Crippen LogP contribution in [0.5, 0.6) is 0 Å². The van der Waals surface area contributed by atoms with Gasteiger partial charge in [0.15, 0.2) is 5.78 Å². The molecule has 0 aliphatic heterocycles. The zero-order valence-electron chi connectivity index (χ0n) is 6.31. The molecule has 0 radical (unpaired) electrons. The molecule has 2 aliphatic carbocycles. The van der Waals surface area contributed by atoms with Crippen LogP contribution < -0.4 is 0 Å². The van der Waals surface area contributed by atoms with E-state index in [-0.39, 0.29) is 0 Å². The van der Waals surface area contributed by atoms with E-state index in [0.29, 0.717) is 11.7 Å². The Bertz CT molecular complexity index is 213. The van der Waals surface area contributed by atoms with Crippen molar-refractivity contribution in [2.45, 2.75) is 32.6 Å². The number of allylic oxidation sites excluding steroid dienone is 2. The molecule has 1 heteroatoms. The fourth-order valence-electron chi connectivity index (χ4n) is 2.15. The Kier molecular flexibility index (Phi) is 1.19. The van der Waals surface area contributed by atoms with Gasteiger partial charge in [0.05, 0.1) is 0 Å². The van der Waals surface area contributed by atoms with Crippen LogP contribution in [0.25, 0.3) is 0 Å². The smallest absolute Gasteiger partial charge is 0.159 e. The molecule has 0 aromatic rings. The lowest BCUT2D eigenvalue weighted by molar-refractivity contribution is -0.115. The van der Waals surface area contributed by atoms with Gasteiger partial charge in [-0.05, 0) is 30.8 Å². The van der Waals surface area contributed by atoms with Gasteiger partial charge in [0, 0.05) is 6.42 Å². The first-order valence-electron chi connectivity index (χ1n) is 4.04. The maximum absolute atomic E-state index is 11.2. The van der Waals surface area contributed by atoms with E-state index in [1.54, 1.807) is 0 Å². The van der Waals surface area contributed by atoms with E-state index >= 15 is 0 Å². The lowest BCUT2D eigenvalue weighted by Gasteiger charge is -2.02. The second-order valence-corrected chi connectivity index (χ2v) is 3.39. The molecule has 2 rings (SSSR count). The Morgan fingerprint density at radius 2 is 2.20 bits per heavy atom. The Morgan fingerprint density at radius 3 is 2.90 bits per heavy atom. The number of carbonyl (C=O) groups excluding carboxylic acids is 1. The van der Waals surface area contributed by atoms with E-state index in [1.807, 2.05) is 0 Å². The van der Waals surface area contributed by atoms with Crippen LogP contribution in [0.2, 0.25) is 0 Å². The number of ketones is 1. The minimum atomic E-state index is 0.431.